The first-order valence-corrected chi connectivity index (χ1v) is 29.3. The topological polar surface area (TPSA) is 204 Å². The molecular formula is C59H107N7O6. The number of hydrogen-bond acceptors (Lipinski definition) is 11. The lowest BCUT2D eigenvalue weighted by Crippen LogP contribution is -2.47. The second kappa shape index (κ2) is 49.6. The Hall–Kier alpha value is -3.62. The van der Waals surface area contributed by atoms with E-state index in [4.69, 9.17) is 26.7 Å². The van der Waals surface area contributed by atoms with E-state index in [1.807, 2.05) is 0 Å². The van der Waals surface area contributed by atoms with Crippen molar-refractivity contribution in [2.75, 3.05) is 58.9 Å². The summed E-state index contributed by atoms with van der Waals surface area (Å²) in [5.41, 5.74) is 17.5. The predicted octanol–water partition coefficient (Wildman–Crippen LogP) is 11.5. The molecule has 13 nitrogen and oxygen atoms in total. The van der Waals surface area contributed by atoms with Crippen LogP contribution in [0.25, 0.3) is 0 Å². The average molecular weight is 1010 g/mol. The summed E-state index contributed by atoms with van der Waals surface area (Å²) in [5, 5.41) is 9.18. The van der Waals surface area contributed by atoms with Gasteiger partial charge < -0.3 is 47.5 Å². The Morgan fingerprint density at radius 3 is 1.42 bits per heavy atom. The molecule has 1 aromatic rings. The zero-order chi connectivity index (χ0) is 52.4. The van der Waals surface area contributed by atoms with Gasteiger partial charge in [-0.3, -0.25) is 19.2 Å². The molecule has 0 saturated carbocycles. The van der Waals surface area contributed by atoms with Crippen molar-refractivity contribution in [1.29, 1.82) is 0 Å². The van der Waals surface area contributed by atoms with Crippen LogP contribution in [0.15, 0.2) is 42.5 Å². The van der Waals surface area contributed by atoms with Gasteiger partial charge in [0.25, 0.3) is 5.91 Å². The van der Waals surface area contributed by atoms with Gasteiger partial charge in [0.15, 0.2) is 11.5 Å². The number of carbonyl (C=O) groups is 4. The Morgan fingerprint density at radius 2 is 0.931 bits per heavy atom. The molecule has 1 aromatic carbocycles. The van der Waals surface area contributed by atoms with E-state index >= 15 is 0 Å². The summed E-state index contributed by atoms with van der Waals surface area (Å²) in [4.78, 5) is 55.2. The Morgan fingerprint density at radius 1 is 0.500 bits per heavy atom. The number of carbonyl (C=O) groups excluding carboxylic acids is 4. The number of esters is 2. The summed E-state index contributed by atoms with van der Waals surface area (Å²) < 4.78 is 11.6. The smallest absolute Gasteiger partial charge is 0.311 e. The van der Waals surface area contributed by atoms with Crippen LogP contribution in [0, 0.1) is 0 Å². The molecule has 0 bridgehead atoms. The number of nitrogens with one attached hydrogen (secondary N) is 3. The molecule has 0 aliphatic rings. The third-order valence-corrected chi connectivity index (χ3v) is 13.1. The van der Waals surface area contributed by atoms with Crippen LogP contribution in [0.1, 0.15) is 236 Å². The maximum Gasteiger partial charge on any atom is 0.311 e. The van der Waals surface area contributed by atoms with Crippen LogP contribution < -0.4 is 42.6 Å². The normalized spacial score (nSPS) is 12.0. The Kier molecular flexibility index (Phi) is 45.7. The van der Waals surface area contributed by atoms with E-state index in [9.17, 15) is 19.2 Å². The highest BCUT2D eigenvalue weighted by molar-refractivity contribution is 5.95. The van der Waals surface area contributed by atoms with E-state index in [0.29, 0.717) is 45.4 Å². The minimum Gasteiger partial charge on any atom is -0.423 e. The molecule has 1 atom stereocenters. The summed E-state index contributed by atoms with van der Waals surface area (Å²) in [6, 6.07) is 4.14. The number of amides is 2. The van der Waals surface area contributed by atoms with Crippen LogP contribution in [0.2, 0.25) is 0 Å². The molecule has 13 heteroatoms. The number of nitrogens with two attached hydrogens (primary N) is 3. The van der Waals surface area contributed by atoms with Gasteiger partial charge in [-0.25, -0.2) is 0 Å². The molecule has 0 aliphatic heterocycles. The molecule has 0 aliphatic carbocycles. The second-order valence-corrected chi connectivity index (χ2v) is 19.7. The maximum absolute atomic E-state index is 13.4. The average Bonchev–Trinajstić information content (AvgIpc) is 3.38. The van der Waals surface area contributed by atoms with Crippen molar-refractivity contribution >= 4 is 23.8 Å². The van der Waals surface area contributed by atoms with Crippen LogP contribution in [0.3, 0.4) is 0 Å². The first-order chi connectivity index (χ1) is 35.3. The summed E-state index contributed by atoms with van der Waals surface area (Å²) in [7, 11) is 0. The van der Waals surface area contributed by atoms with E-state index in [-0.39, 0.29) is 48.9 Å². The van der Waals surface area contributed by atoms with Gasteiger partial charge in [-0.2, -0.15) is 0 Å². The highest BCUT2D eigenvalue weighted by atomic mass is 16.6. The van der Waals surface area contributed by atoms with Crippen molar-refractivity contribution in [1.82, 2.24) is 20.9 Å². The lowest BCUT2D eigenvalue weighted by atomic mass is 10.1. The third-order valence-electron chi connectivity index (χ3n) is 13.1. The molecule has 1 rings (SSSR count). The SMILES string of the molecule is CCCCCCCC/C=C\CCCCCCCC(=O)Oc1ccc(C(=O)NCCNC(=O)[C@H](CCCN(CCCN)CCCN)NCCCN)cc1OC(=O)CCCCCCC/C=C\CCCCCCCC. The number of benzene rings is 1. The molecule has 0 spiro atoms. The molecule has 0 unspecified atom stereocenters. The second-order valence-electron chi connectivity index (χ2n) is 19.7. The molecule has 2 amide bonds. The van der Waals surface area contributed by atoms with Crippen LogP contribution >= 0.6 is 0 Å². The van der Waals surface area contributed by atoms with Crippen molar-refractivity contribution < 1.29 is 28.7 Å². The lowest BCUT2D eigenvalue weighted by molar-refractivity contribution is -0.137. The molecule has 72 heavy (non-hydrogen) atoms. The predicted molar refractivity (Wildman–Crippen MR) is 300 cm³/mol. The highest BCUT2D eigenvalue weighted by Crippen LogP contribution is 2.30. The minimum absolute atomic E-state index is 0.0441. The highest BCUT2D eigenvalue weighted by Gasteiger charge is 2.20. The number of rotatable bonds is 51. The Bertz CT molecular complexity index is 1530. The van der Waals surface area contributed by atoms with Crippen LogP contribution in [0.5, 0.6) is 11.5 Å². The number of unbranched alkanes of at least 4 members (excludes halogenated alkanes) is 22. The van der Waals surface area contributed by atoms with Crippen molar-refractivity contribution in [3.8, 4) is 11.5 Å². The Labute approximate surface area is 439 Å². The van der Waals surface area contributed by atoms with E-state index in [2.05, 4.69) is 59.0 Å². The molecule has 0 fully saturated rings. The van der Waals surface area contributed by atoms with Crippen LogP contribution in [0.4, 0.5) is 0 Å². The van der Waals surface area contributed by atoms with Crippen molar-refractivity contribution in [2.45, 2.75) is 232 Å². The zero-order valence-corrected chi connectivity index (χ0v) is 45.9. The summed E-state index contributed by atoms with van der Waals surface area (Å²) >= 11 is 0. The van der Waals surface area contributed by atoms with E-state index in [1.54, 1.807) is 6.07 Å². The van der Waals surface area contributed by atoms with Gasteiger partial charge in [-0.1, -0.05) is 141 Å². The van der Waals surface area contributed by atoms with Gasteiger partial charge in [0.05, 0.1) is 6.04 Å². The van der Waals surface area contributed by atoms with Gasteiger partial charge in [0, 0.05) is 31.5 Å². The zero-order valence-electron chi connectivity index (χ0n) is 45.9. The first kappa shape index (κ1) is 66.4. The van der Waals surface area contributed by atoms with Crippen LogP contribution in [-0.4, -0.2) is 93.6 Å². The third kappa shape index (κ3) is 38.9. The molecule has 0 saturated heterocycles. The van der Waals surface area contributed by atoms with Crippen molar-refractivity contribution in [3.63, 3.8) is 0 Å². The number of nitrogens with zero attached hydrogens (tertiary/aromatic N) is 1. The molecule has 0 aromatic heterocycles. The largest absolute Gasteiger partial charge is 0.423 e. The summed E-state index contributed by atoms with van der Waals surface area (Å²) in [6.07, 6.45) is 44.1. The van der Waals surface area contributed by atoms with E-state index in [0.717, 1.165) is 110 Å². The monoisotopic (exact) mass is 1010 g/mol. The van der Waals surface area contributed by atoms with Gasteiger partial charge in [-0.15, -0.1) is 0 Å². The minimum atomic E-state index is -0.434. The van der Waals surface area contributed by atoms with Gasteiger partial charge in [0.2, 0.25) is 5.91 Å². The molecule has 9 N–H and O–H groups in total. The molecule has 0 heterocycles. The van der Waals surface area contributed by atoms with Gasteiger partial charge in [-0.05, 0) is 160 Å². The Balaban J connectivity index is 2.74. The maximum atomic E-state index is 13.4. The van der Waals surface area contributed by atoms with Crippen molar-refractivity contribution in [3.05, 3.63) is 48.1 Å². The fourth-order valence-corrected chi connectivity index (χ4v) is 8.62. The van der Waals surface area contributed by atoms with E-state index < -0.39 is 23.9 Å². The van der Waals surface area contributed by atoms with E-state index in [1.165, 1.54) is 102 Å². The lowest BCUT2D eigenvalue weighted by Gasteiger charge is -2.24. The fourth-order valence-electron chi connectivity index (χ4n) is 8.62. The van der Waals surface area contributed by atoms with Crippen molar-refractivity contribution in [2.24, 2.45) is 17.2 Å². The molecular weight excluding hydrogens is 903 g/mol. The number of allylic oxidation sites excluding steroid dienone is 4. The quantitative estimate of drug-likeness (QED) is 0.0157. The molecule has 0 radical (unpaired) electrons. The summed E-state index contributed by atoms with van der Waals surface area (Å²) in [5.74, 6) is -1.22. The van der Waals surface area contributed by atoms with Crippen LogP contribution in [-0.2, 0) is 14.4 Å². The number of ether oxygens (including phenoxy) is 2. The standard InChI is InChI=1S/C59H107N7O6/c1-3-5-7-9-11-13-15-17-19-21-23-25-27-29-31-38-56(67)71-54-41-40-52(51-55(54)72-57(68)39-32-30-28-26-24-22-20-18-16-14-12-10-8-6-4-2)58(69)64-46-47-65-59(70)53(63-45-34-42-60)37-33-48-66(49-35-43-61)50-36-44-62/h17-20,40-41,51,53,63H,3-16,21-39,42-50,60-62H2,1-2H3,(H,64,69)(H,65,70)/b19-17-,20-18-/t53-/m0/s1. The summed E-state index contributed by atoms with van der Waals surface area (Å²) in [6.45, 7) is 9.99. The van der Waals surface area contributed by atoms with Gasteiger partial charge in [0.1, 0.15) is 0 Å². The first-order valence-electron chi connectivity index (χ1n) is 29.3. The fraction of sp³-hybridized carbons (Fsp3) is 0.763. The molecule has 414 valence electrons. The number of hydrogen-bond donors (Lipinski definition) is 6. The van der Waals surface area contributed by atoms with Gasteiger partial charge >= 0.3 is 11.9 Å².